The number of rotatable bonds is 9. The third-order valence-corrected chi connectivity index (χ3v) is 3.59. The summed E-state index contributed by atoms with van der Waals surface area (Å²) in [6.45, 7) is 7.65. The summed E-state index contributed by atoms with van der Waals surface area (Å²) in [7, 11) is 0. The molecule has 1 amide bonds. The Kier molecular flexibility index (Phi) is 8.67. The van der Waals surface area contributed by atoms with Gasteiger partial charge in [0.2, 0.25) is 5.91 Å². The molecule has 0 rings (SSSR count). The van der Waals surface area contributed by atoms with Crippen molar-refractivity contribution in [2.75, 3.05) is 25.6 Å². The van der Waals surface area contributed by atoms with Crippen LogP contribution in [0.4, 0.5) is 0 Å². The van der Waals surface area contributed by atoms with Crippen molar-refractivity contribution < 1.29 is 9.53 Å². The molecular weight excluding hydrogens is 226 g/mol. The fraction of sp³-hybridized carbons (Fsp3) is 0.917. The molecule has 0 aliphatic carbocycles. The quantitative estimate of drug-likeness (QED) is 0.504. The van der Waals surface area contributed by atoms with E-state index in [1.54, 1.807) is 0 Å². The molecule has 16 heavy (non-hydrogen) atoms. The Morgan fingerprint density at radius 1 is 1.31 bits per heavy atom. The maximum Gasteiger partial charge on any atom is 0.246 e. The molecule has 0 unspecified atom stereocenters. The number of amides is 1. The van der Waals surface area contributed by atoms with E-state index in [1.165, 1.54) is 0 Å². The van der Waals surface area contributed by atoms with Gasteiger partial charge >= 0.3 is 0 Å². The molecule has 3 nitrogen and oxygen atoms in total. The summed E-state index contributed by atoms with van der Waals surface area (Å²) in [5.74, 6) is 0.528. The number of hydrogen-bond acceptors (Lipinski definition) is 2. The number of carbonyl (C=O) groups is 1. The van der Waals surface area contributed by atoms with Crippen molar-refractivity contribution in [1.82, 2.24) is 5.32 Å². The second kappa shape index (κ2) is 8.82. The van der Waals surface area contributed by atoms with Gasteiger partial charge in [-0.15, -0.1) is 11.6 Å². The summed E-state index contributed by atoms with van der Waals surface area (Å²) in [4.78, 5) is 11.4. The second-order valence-electron chi connectivity index (χ2n) is 4.17. The molecule has 0 aliphatic heterocycles. The van der Waals surface area contributed by atoms with Crippen LogP contribution in [0.25, 0.3) is 0 Å². The van der Waals surface area contributed by atoms with E-state index in [-0.39, 0.29) is 17.9 Å². The topological polar surface area (TPSA) is 38.3 Å². The number of carbonyl (C=O) groups excluding carboxylic acids is 1. The smallest absolute Gasteiger partial charge is 0.246 e. The van der Waals surface area contributed by atoms with E-state index in [0.29, 0.717) is 19.0 Å². The molecule has 0 saturated carbocycles. The SMILES string of the molecule is CCCOCC(=O)NCC(CC)(CC)CCl. The minimum atomic E-state index is -0.0511. The van der Waals surface area contributed by atoms with Crippen LogP contribution in [0.1, 0.15) is 40.0 Å². The standard InChI is InChI=1S/C12H24ClNO2/c1-4-7-16-8-11(15)14-10-12(5-2,6-3)9-13/h4-10H2,1-3H3,(H,14,15). The van der Waals surface area contributed by atoms with E-state index in [9.17, 15) is 4.79 Å². The molecule has 0 spiro atoms. The van der Waals surface area contributed by atoms with Crippen molar-refractivity contribution in [2.45, 2.75) is 40.0 Å². The van der Waals surface area contributed by atoms with E-state index in [1.807, 2.05) is 6.92 Å². The van der Waals surface area contributed by atoms with Crippen molar-refractivity contribution in [2.24, 2.45) is 5.41 Å². The lowest BCUT2D eigenvalue weighted by Crippen LogP contribution is -2.39. The van der Waals surface area contributed by atoms with Crippen LogP contribution in [-0.4, -0.2) is 31.5 Å². The largest absolute Gasteiger partial charge is 0.372 e. The molecule has 4 heteroatoms. The number of ether oxygens (including phenoxy) is 1. The highest BCUT2D eigenvalue weighted by Gasteiger charge is 2.25. The zero-order chi connectivity index (χ0) is 12.4. The van der Waals surface area contributed by atoms with Crippen molar-refractivity contribution in [3.63, 3.8) is 0 Å². The van der Waals surface area contributed by atoms with Crippen LogP contribution in [0, 0.1) is 5.41 Å². The molecule has 0 aromatic heterocycles. The second-order valence-corrected chi connectivity index (χ2v) is 4.44. The van der Waals surface area contributed by atoms with Crippen LogP contribution in [-0.2, 0) is 9.53 Å². The third-order valence-electron chi connectivity index (χ3n) is 3.03. The highest BCUT2D eigenvalue weighted by atomic mass is 35.5. The summed E-state index contributed by atoms with van der Waals surface area (Å²) in [6, 6.07) is 0. The minimum absolute atomic E-state index is 0.0297. The van der Waals surface area contributed by atoms with Gasteiger partial charge in [0.25, 0.3) is 0 Å². The Morgan fingerprint density at radius 2 is 1.94 bits per heavy atom. The minimum Gasteiger partial charge on any atom is -0.372 e. The lowest BCUT2D eigenvalue weighted by atomic mass is 9.84. The highest BCUT2D eigenvalue weighted by molar-refractivity contribution is 6.18. The van der Waals surface area contributed by atoms with Gasteiger partial charge in [-0.25, -0.2) is 0 Å². The number of hydrogen-bond donors (Lipinski definition) is 1. The highest BCUT2D eigenvalue weighted by Crippen LogP contribution is 2.26. The van der Waals surface area contributed by atoms with Crippen LogP contribution in [0.5, 0.6) is 0 Å². The molecule has 96 valence electrons. The average molecular weight is 250 g/mol. The number of alkyl halides is 1. The first-order valence-corrected chi connectivity index (χ1v) is 6.58. The summed E-state index contributed by atoms with van der Waals surface area (Å²) < 4.78 is 5.17. The third kappa shape index (κ3) is 5.71. The van der Waals surface area contributed by atoms with Crippen molar-refractivity contribution in [1.29, 1.82) is 0 Å². The molecule has 0 atom stereocenters. The summed E-state index contributed by atoms with van der Waals surface area (Å²) in [5, 5.41) is 2.89. The van der Waals surface area contributed by atoms with Gasteiger partial charge in [0.15, 0.2) is 0 Å². The van der Waals surface area contributed by atoms with E-state index in [2.05, 4.69) is 19.2 Å². The fourth-order valence-corrected chi connectivity index (χ4v) is 1.86. The molecular formula is C12H24ClNO2. The number of halogens is 1. The Balaban J connectivity index is 3.87. The van der Waals surface area contributed by atoms with E-state index >= 15 is 0 Å². The lowest BCUT2D eigenvalue weighted by molar-refractivity contribution is -0.126. The average Bonchev–Trinajstić information content (AvgIpc) is 2.32. The Hall–Kier alpha value is -0.280. The van der Waals surface area contributed by atoms with Gasteiger partial charge in [-0.1, -0.05) is 20.8 Å². The van der Waals surface area contributed by atoms with Crippen molar-refractivity contribution in [3.05, 3.63) is 0 Å². The van der Waals surface area contributed by atoms with Gasteiger partial charge < -0.3 is 10.1 Å². The zero-order valence-corrected chi connectivity index (χ0v) is 11.4. The Morgan fingerprint density at radius 3 is 2.38 bits per heavy atom. The van der Waals surface area contributed by atoms with Crippen LogP contribution in [0.3, 0.4) is 0 Å². The van der Waals surface area contributed by atoms with Gasteiger partial charge in [-0.2, -0.15) is 0 Å². The van der Waals surface area contributed by atoms with Gasteiger partial charge in [-0.3, -0.25) is 4.79 Å². The maximum atomic E-state index is 11.4. The van der Waals surface area contributed by atoms with Gasteiger partial charge in [0, 0.05) is 24.4 Å². The van der Waals surface area contributed by atoms with Gasteiger partial charge in [0.1, 0.15) is 6.61 Å². The zero-order valence-electron chi connectivity index (χ0n) is 10.6. The summed E-state index contributed by atoms with van der Waals surface area (Å²) in [6.07, 6.45) is 2.88. The summed E-state index contributed by atoms with van der Waals surface area (Å²) >= 11 is 5.95. The van der Waals surface area contributed by atoms with Gasteiger partial charge in [-0.05, 0) is 19.3 Å². The fourth-order valence-electron chi connectivity index (χ4n) is 1.38. The molecule has 0 aromatic rings. The molecule has 0 bridgehead atoms. The first kappa shape index (κ1) is 15.7. The first-order valence-electron chi connectivity index (χ1n) is 6.04. The van der Waals surface area contributed by atoms with Crippen molar-refractivity contribution >= 4 is 17.5 Å². The molecule has 0 fully saturated rings. The van der Waals surface area contributed by atoms with E-state index < -0.39 is 0 Å². The monoisotopic (exact) mass is 249 g/mol. The normalized spacial score (nSPS) is 11.5. The molecule has 0 aliphatic rings. The van der Waals surface area contributed by atoms with E-state index in [4.69, 9.17) is 16.3 Å². The Labute approximate surface area is 104 Å². The maximum absolute atomic E-state index is 11.4. The summed E-state index contributed by atoms with van der Waals surface area (Å²) in [5.41, 5.74) is 0.0297. The predicted molar refractivity (Wildman–Crippen MR) is 67.9 cm³/mol. The van der Waals surface area contributed by atoms with Crippen molar-refractivity contribution in [3.8, 4) is 0 Å². The molecule has 0 heterocycles. The van der Waals surface area contributed by atoms with Crippen LogP contribution < -0.4 is 5.32 Å². The van der Waals surface area contributed by atoms with Crippen LogP contribution in [0.2, 0.25) is 0 Å². The number of nitrogens with one attached hydrogen (secondary N) is 1. The van der Waals surface area contributed by atoms with Crippen LogP contribution >= 0.6 is 11.6 Å². The molecule has 1 N–H and O–H groups in total. The van der Waals surface area contributed by atoms with Crippen LogP contribution in [0.15, 0.2) is 0 Å². The predicted octanol–water partition coefficient (Wildman–Crippen LogP) is 2.57. The molecule has 0 saturated heterocycles. The Bertz CT molecular complexity index is 185. The first-order chi connectivity index (χ1) is 7.64. The molecule has 0 aromatic carbocycles. The molecule has 0 radical (unpaired) electrons. The lowest BCUT2D eigenvalue weighted by Gasteiger charge is -2.29. The van der Waals surface area contributed by atoms with Gasteiger partial charge in [0.05, 0.1) is 0 Å². The van der Waals surface area contributed by atoms with E-state index in [0.717, 1.165) is 19.3 Å².